The van der Waals surface area contributed by atoms with Crippen LogP contribution in [0, 0.1) is 0 Å². The number of benzene rings is 1. The van der Waals surface area contributed by atoms with Gasteiger partial charge in [0.05, 0.1) is 0 Å². The first-order valence-electron chi connectivity index (χ1n) is 5.92. The first-order valence-corrected chi connectivity index (χ1v) is 7.07. The Hall–Kier alpha value is -1.20. The summed E-state index contributed by atoms with van der Waals surface area (Å²) in [6, 6.07) is 6.67. The SMILES string of the molecule is O=C(O)C(O)c1cccc(OC2CCCSC2)c1. The van der Waals surface area contributed by atoms with Crippen molar-refractivity contribution in [3.63, 3.8) is 0 Å². The highest BCUT2D eigenvalue weighted by atomic mass is 32.2. The van der Waals surface area contributed by atoms with E-state index in [1.807, 2.05) is 11.8 Å². The molecule has 0 saturated carbocycles. The van der Waals surface area contributed by atoms with E-state index in [2.05, 4.69) is 0 Å². The largest absolute Gasteiger partial charge is 0.490 e. The quantitative estimate of drug-likeness (QED) is 0.875. The smallest absolute Gasteiger partial charge is 0.337 e. The van der Waals surface area contributed by atoms with Crippen LogP contribution >= 0.6 is 11.8 Å². The molecule has 1 aliphatic rings. The van der Waals surface area contributed by atoms with E-state index < -0.39 is 12.1 Å². The molecule has 2 unspecified atom stereocenters. The van der Waals surface area contributed by atoms with Crippen LogP contribution in [0.2, 0.25) is 0 Å². The van der Waals surface area contributed by atoms with Gasteiger partial charge in [0.15, 0.2) is 6.10 Å². The molecule has 1 heterocycles. The van der Waals surface area contributed by atoms with Crippen LogP contribution in [-0.2, 0) is 4.79 Å². The lowest BCUT2D eigenvalue weighted by atomic mass is 10.1. The van der Waals surface area contributed by atoms with Crippen molar-refractivity contribution in [2.75, 3.05) is 11.5 Å². The third-order valence-electron chi connectivity index (χ3n) is 2.83. The van der Waals surface area contributed by atoms with Gasteiger partial charge in [-0.05, 0) is 36.3 Å². The van der Waals surface area contributed by atoms with Crippen LogP contribution in [0.25, 0.3) is 0 Å². The molecule has 2 rings (SSSR count). The molecule has 1 saturated heterocycles. The zero-order valence-electron chi connectivity index (χ0n) is 9.91. The van der Waals surface area contributed by atoms with Gasteiger partial charge in [-0.2, -0.15) is 11.8 Å². The van der Waals surface area contributed by atoms with Crippen LogP contribution in [0.1, 0.15) is 24.5 Å². The van der Waals surface area contributed by atoms with E-state index in [1.165, 1.54) is 5.75 Å². The second-order valence-corrected chi connectivity index (χ2v) is 5.42. The zero-order valence-corrected chi connectivity index (χ0v) is 10.7. The van der Waals surface area contributed by atoms with Gasteiger partial charge in [-0.15, -0.1) is 0 Å². The molecule has 4 nitrogen and oxygen atoms in total. The molecule has 1 fully saturated rings. The Morgan fingerprint density at radius 3 is 3.00 bits per heavy atom. The van der Waals surface area contributed by atoms with Gasteiger partial charge in [-0.3, -0.25) is 0 Å². The lowest BCUT2D eigenvalue weighted by Crippen LogP contribution is -2.23. The number of hydrogen-bond donors (Lipinski definition) is 2. The van der Waals surface area contributed by atoms with Gasteiger partial charge in [-0.25, -0.2) is 4.79 Å². The maximum absolute atomic E-state index is 10.7. The van der Waals surface area contributed by atoms with Gasteiger partial charge in [0.25, 0.3) is 0 Å². The summed E-state index contributed by atoms with van der Waals surface area (Å²) < 4.78 is 5.80. The monoisotopic (exact) mass is 268 g/mol. The molecule has 0 aliphatic carbocycles. The number of carboxylic acid groups (broad SMARTS) is 1. The highest BCUT2D eigenvalue weighted by Gasteiger charge is 2.18. The summed E-state index contributed by atoms with van der Waals surface area (Å²) in [5.41, 5.74) is 0.350. The van der Waals surface area contributed by atoms with Gasteiger partial charge in [0.2, 0.25) is 0 Å². The van der Waals surface area contributed by atoms with Crippen LogP contribution in [-0.4, -0.2) is 33.8 Å². The van der Waals surface area contributed by atoms with E-state index in [-0.39, 0.29) is 6.10 Å². The highest BCUT2D eigenvalue weighted by molar-refractivity contribution is 7.99. The van der Waals surface area contributed by atoms with Crippen LogP contribution in [0.15, 0.2) is 24.3 Å². The highest BCUT2D eigenvalue weighted by Crippen LogP contribution is 2.25. The molecule has 2 N–H and O–H groups in total. The molecule has 2 atom stereocenters. The molecule has 0 radical (unpaired) electrons. The normalized spacial score (nSPS) is 21.3. The Bertz CT molecular complexity index is 415. The van der Waals surface area contributed by atoms with Gasteiger partial charge >= 0.3 is 5.97 Å². The molecule has 0 amide bonds. The van der Waals surface area contributed by atoms with E-state index in [0.717, 1.165) is 18.6 Å². The average Bonchev–Trinajstić information content (AvgIpc) is 2.39. The van der Waals surface area contributed by atoms with Gasteiger partial charge in [0.1, 0.15) is 11.9 Å². The van der Waals surface area contributed by atoms with Crippen molar-refractivity contribution in [2.45, 2.75) is 25.0 Å². The van der Waals surface area contributed by atoms with E-state index >= 15 is 0 Å². The Kier molecular flexibility index (Phi) is 4.49. The first-order chi connectivity index (χ1) is 8.66. The van der Waals surface area contributed by atoms with E-state index in [4.69, 9.17) is 9.84 Å². The third kappa shape index (κ3) is 3.40. The summed E-state index contributed by atoms with van der Waals surface area (Å²) in [6.45, 7) is 0. The second kappa shape index (κ2) is 6.11. The van der Waals surface area contributed by atoms with E-state index in [1.54, 1.807) is 24.3 Å². The number of carbonyl (C=O) groups is 1. The summed E-state index contributed by atoms with van der Waals surface area (Å²) >= 11 is 1.87. The Labute approximate surface area is 110 Å². The minimum Gasteiger partial charge on any atom is -0.490 e. The molecule has 1 aliphatic heterocycles. The lowest BCUT2D eigenvalue weighted by Gasteiger charge is -2.23. The molecular formula is C13H16O4S. The predicted octanol–water partition coefficient (Wildman–Crippen LogP) is 2.08. The second-order valence-electron chi connectivity index (χ2n) is 4.27. The molecular weight excluding hydrogens is 252 g/mol. The predicted molar refractivity (Wildman–Crippen MR) is 70.0 cm³/mol. The van der Waals surface area contributed by atoms with Crippen LogP contribution < -0.4 is 4.74 Å². The van der Waals surface area contributed by atoms with Crippen molar-refractivity contribution in [3.8, 4) is 5.75 Å². The molecule has 0 bridgehead atoms. The third-order valence-corrected chi connectivity index (χ3v) is 4.01. The van der Waals surface area contributed by atoms with Crippen LogP contribution in [0.3, 0.4) is 0 Å². The van der Waals surface area contributed by atoms with Crippen molar-refractivity contribution in [1.29, 1.82) is 0 Å². The lowest BCUT2D eigenvalue weighted by molar-refractivity contribution is -0.146. The standard InChI is InChI=1S/C13H16O4S/c14-12(13(15)16)9-3-1-4-10(7-9)17-11-5-2-6-18-8-11/h1,3-4,7,11-12,14H,2,5-6,8H2,(H,15,16). The molecule has 0 aromatic heterocycles. The summed E-state index contributed by atoms with van der Waals surface area (Å²) in [5, 5.41) is 18.2. The number of carboxylic acids is 1. The Morgan fingerprint density at radius 1 is 1.50 bits per heavy atom. The molecule has 18 heavy (non-hydrogen) atoms. The van der Waals surface area contributed by atoms with Gasteiger partial charge in [0, 0.05) is 5.75 Å². The number of rotatable bonds is 4. The zero-order chi connectivity index (χ0) is 13.0. The molecule has 1 aromatic carbocycles. The fraction of sp³-hybridized carbons (Fsp3) is 0.462. The maximum Gasteiger partial charge on any atom is 0.337 e. The van der Waals surface area contributed by atoms with Crippen molar-refractivity contribution in [2.24, 2.45) is 0 Å². The summed E-state index contributed by atoms with van der Waals surface area (Å²) in [6.07, 6.45) is 0.862. The Balaban J connectivity index is 2.04. The Morgan fingerprint density at radius 2 is 2.33 bits per heavy atom. The minimum atomic E-state index is -1.49. The average molecular weight is 268 g/mol. The number of aliphatic hydroxyl groups is 1. The van der Waals surface area contributed by atoms with E-state index in [9.17, 15) is 9.90 Å². The minimum absolute atomic E-state index is 0.181. The molecule has 5 heteroatoms. The number of ether oxygens (including phenoxy) is 1. The molecule has 0 spiro atoms. The molecule has 98 valence electrons. The van der Waals surface area contributed by atoms with Crippen LogP contribution in [0.5, 0.6) is 5.75 Å². The number of thioether (sulfide) groups is 1. The maximum atomic E-state index is 10.7. The summed E-state index contributed by atoms with van der Waals surface area (Å²) in [4.78, 5) is 10.7. The first kappa shape index (κ1) is 13.2. The van der Waals surface area contributed by atoms with Crippen molar-refractivity contribution in [1.82, 2.24) is 0 Å². The topological polar surface area (TPSA) is 66.8 Å². The number of aliphatic carboxylic acids is 1. The summed E-state index contributed by atoms with van der Waals surface area (Å²) in [7, 11) is 0. The fourth-order valence-electron chi connectivity index (χ4n) is 1.90. The van der Waals surface area contributed by atoms with Crippen LogP contribution in [0.4, 0.5) is 0 Å². The van der Waals surface area contributed by atoms with E-state index in [0.29, 0.717) is 11.3 Å². The van der Waals surface area contributed by atoms with Crippen molar-refractivity contribution in [3.05, 3.63) is 29.8 Å². The summed E-state index contributed by atoms with van der Waals surface area (Å²) in [5.74, 6) is 1.52. The molecule has 1 aromatic rings. The van der Waals surface area contributed by atoms with Crippen molar-refractivity contribution < 1.29 is 19.7 Å². The van der Waals surface area contributed by atoms with Gasteiger partial charge in [-0.1, -0.05) is 12.1 Å². The number of aliphatic hydroxyl groups excluding tert-OH is 1. The van der Waals surface area contributed by atoms with Gasteiger partial charge < -0.3 is 14.9 Å². The number of hydrogen-bond acceptors (Lipinski definition) is 4. The van der Waals surface area contributed by atoms with Crippen molar-refractivity contribution >= 4 is 17.7 Å². The fourth-order valence-corrected chi connectivity index (χ4v) is 2.93.